The van der Waals surface area contributed by atoms with Crippen molar-refractivity contribution >= 4 is 5.57 Å². The zero-order valence-electron chi connectivity index (χ0n) is 13.2. The highest BCUT2D eigenvalue weighted by Gasteiger charge is 2.01. The van der Waals surface area contributed by atoms with Crippen molar-refractivity contribution in [2.24, 2.45) is 5.92 Å². The van der Waals surface area contributed by atoms with Crippen LogP contribution in [0.25, 0.3) is 5.57 Å². The average Bonchev–Trinajstić information content (AvgIpc) is 2.44. The quantitative estimate of drug-likeness (QED) is 0.556. The van der Waals surface area contributed by atoms with Crippen LogP contribution in [0.5, 0.6) is 0 Å². The monoisotopic (exact) mass is 266 g/mol. The van der Waals surface area contributed by atoms with Crippen LogP contribution in [-0.4, -0.2) is 0 Å². The van der Waals surface area contributed by atoms with Crippen molar-refractivity contribution in [3.63, 3.8) is 0 Å². The molecule has 0 fully saturated rings. The summed E-state index contributed by atoms with van der Waals surface area (Å²) in [5.74, 6) is 0.549. The van der Waals surface area contributed by atoms with Crippen molar-refractivity contribution in [1.82, 2.24) is 0 Å². The van der Waals surface area contributed by atoms with E-state index in [1.165, 1.54) is 22.3 Å². The van der Waals surface area contributed by atoms with Crippen molar-refractivity contribution in [3.8, 4) is 0 Å². The van der Waals surface area contributed by atoms with E-state index in [0.29, 0.717) is 5.92 Å². The SMILES string of the molecule is C=C/C(C)=C\Cc1cccc(C(/C=C\C)=C/C(C)C)c1. The number of benzene rings is 1. The number of allylic oxidation sites excluding steroid dienone is 7. The Morgan fingerprint density at radius 1 is 1.30 bits per heavy atom. The Labute approximate surface area is 124 Å². The Bertz CT molecular complexity index is 525. The zero-order chi connectivity index (χ0) is 15.0. The third kappa shape index (κ3) is 5.44. The molecule has 0 saturated carbocycles. The second kappa shape index (κ2) is 8.37. The van der Waals surface area contributed by atoms with Crippen LogP contribution in [0.1, 0.15) is 38.8 Å². The van der Waals surface area contributed by atoms with Gasteiger partial charge in [-0.05, 0) is 42.9 Å². The summed E-state index contributed by atoms with van der Waals surface area (Å²) in [7, 11) is 0. The molecule has 0 aliphatic heterocycles. The van der Waals surface area contributed by atoms with Gasteiger partial charge >= 0.3 is 0 Å². The topological polar surface area (TPSA) is 0 Å². The lowest BCUT2D eigenvalue weighted by Gasteiger charge is -2.07. The van der Waals surface area contributed by atoms with E-state index in [1.54, 1.807) is 0 Å². The Balaban J connectivity index is 3.04. The van der Waals surface area contributed by atoms with Gasteiger partial charge in [0.05, 0.1) is 0 Å². The molecule has 0 heteroatoms. The fourth-order valence-corrected chi connectivity index (χ4v) is 2.03. The van der Waals surface area contributed by atoms with Gasteiger partial charge in [-0.25, -0.2) is 0 Å². The molecule has 1 aromatic carbocycles. The van der Waals surface area contributed by atoms with E-state index in [4.69, 9.17) is 0 Å². The largest absolute Gasteiger partial charge is 0.0988 e. The first-order valence-electron chi connectivity index (χ1n) is 7.29. The van der Waals surface area contributed by atoms with Crippen LogP contribution < -0.4 is 0 Å². The molecule has 0 saturated heterocycles. The van der Waals surface area contributed by atoms with Crippen LogP contribution >= 0.6 is 0 Å². The summed E-state index contributed by atoms with van der Waals surface area (Å²) in [6.07, 6.45) is 11.7. The van der Waals surface area contributed by atoms with Gasteiger partial charge in [0.2, 0.25) is 0 Å². The van der Waals surface area contributed by atoms with Crippen LogP contribution in [0.2, 0.25) is 0 Å². The second-order valence-corrected chi connectivity index (χ2v) is 5.42. The standard InChI is InChI=1S/C20H26/c1-6-9-19(14-16(3)4)20-11-8-10-18(15-20)13-12-17(5)7-2/h6-12,14-16H,2,13H2,1,3-5H3/b9-6-,17-12-,19-14+. The molecule has 0 spiro atoms. The Morgan fingerprint density at radius 3 is 2.65 bits per heavy atom. The van der Waals surface area contributed by atoms with Gasteiger partial charge in [-0.15, -0.1) is 0 Å². The summed E-state index contributed by atoms with van der Waals surface area (Å²) in [5.41, 5.74) is 5.15. The van der Waals surface area contributed by atoms with Gasteiger partial charge in [-0.2, -0.15) is 0 Å². The molecule has 0 unspecified atom stereocenters. The van der Waals surface area contributed by atoms with Gasteiger partial charge in [-0.3, -0.25) is 0 Å². The molecule has 0 aliphatic rings. The Hall–Kier alpha value is -1.82. The molecule has 0 aliphatic carbocycles. The van der Waals surface area contributed by atoms with E-state index < -0.39 is 0 Å². The van der Waals surface area contributed by atoms with Crippen molar-refractivity contribution in [1.29, 1.82) is 0 Å². The minimum Gasteiger partial charge on any atom is -0.0988 e. The smallest absolute Gasteiger partial charge is 0.00915 e. The molecule has 0 nitrogen and oxygen atoms in total. The molecule has 1 rings (SSSR count). The first-order chi connectivity index (χ1) is 9.56. The van der Waals surface area contributed by atoms with Crippen molar-refractivity contribution < 1.29 is 0 Å². The molecular weight excluding hydrogens is 240 g/mol. The van der Waals surface area contributed by atoms with E-state index >= 15 is 0 Å². The Morgan fingerprint density at radius 2 is 2.05 bits per heavy atom. The second-order valence-electron chi connectivity index (χ2n) is 5.42. The molecule has 0 N–H and O–H groups in total. The van der Waals surface area contributed by atoms with Crippen molar-refractivity contribution in [2.45, 2.75) is 34.1 Å². The van der Waals surface area contributed by atoms with Gasteiger partial charge in [0, 0.05) is 0 Å². The van der Waals surface area contributed by atoms with E-state index in [9.17, 15) is 0 Å². The maximum atomic E-state index is 3.79. The molecule has 0 atom stereocenters. The molecule has 1 aromatic rings. The first-order valence-corrected chi connectivity index (χ1v) is 7.29. The maximum Gasteiger partial charge on any atom is -0.00915 e. The van der Waals surface area contributed by atoms with Gasteiger partial charge in [0.1, 0.15) is 0 Å². The van der Waals surface area contributed by atoms with E-state index in [1.807, 2.05) is 6.08 Å². The number of hydrogen-bond acceptors (Lipinski definition) is 0. The predicted molar refractivity (Wildman–Crippen MR) is 91.7 cm³/mol. The summed E-state index contributed by atoms with van der Waals surface area (Å²) >= 11 is 0. The summed E-state index contributed by atoms with van der Waals surface area (Å²) in [4.78, 5) is 0. The van der Waals surface area contributed by atoms with Crippen LogP contribution in [-0.2, 0) is 6.42 Å². The van der Waals surface area contributed by atoms with Crippen LogP contribution in [0, 0.1) is 5.92 Å². The lowest BCUT2D eigenvalue weighted by molar-refractivity contribution is 0.834. The maximum absolute atomic E-state index is 3.79. The lowest BCUT2D eigenvalue weighted by atomic mass is 9.98. The summed E-state index contributed by atoms with van der Waals surface area (Å²) in [5, 5.41) is 0. The van der Waals surface area contributed by atoms with Gasteiger partial charge in [0.25, 0.3) is 0 Å². The highest BCUT2D eigenvalue weighted by molar-refractivity contribution is 5.74. The minimum atomic E-state index is 0.549. The van der Waals surface area contributed by atoms with E-state index in [-0.39, 0.29) is 0 Å². The average molecular weight is 266 g/mol. The summed E-state index contributed by atoms with van der Waals surface area (Å²) in [6, 6.07) is 8.78. The van der Waals surface area contributed by atoms with E-state index in [2.05, 4.69) is 82.8 Å². The molecule has 0 bridgehead atoms. The Kier molecular flexibility index (Phi) is 6.79. The van der Waals surface area contributed by atoms with Crippen molar-refractivity contribution in [2.75, 3.05) is 0 Å². The molecule has 20 heavy (non-hydrogen) atoms. The van der Waals surface area contributed by atoms with E-state index in [0.717, 1.165) is 6.42 Å². The van der Waals surface area contributed by atoms with Gasteiger partial charge < -0.3 is 0 Å². The third-order valence-corrected chi connectivity index (χ3v) is 3.10. The summed E-state index contributed by atoms with van der Waals surface area (Å²) < 4.78 is 0. The highest BCUT2D eigenvalue weighted by atomic mass is 14.1. The first kappa shape index (κ1) is 16.2. The minimum absolute atomic E-state index is 0.549. The molecule has 0 amide bonds. The molecule has 0 heterocycles. The number of rotatable bonds is 6. The summed E-state index contributed by atoms with van der Waals surface area (Å²) in [6.45, 7) is 12.4. The molecule has 0 radical (unpaired) electrons. The van der Waals surface area contributed by atoms with Crippen LogP contribution in [0.3, 0.4) is 0 Å². The lowest BCUT2D eigenvalue weighted by Crippen LogP contribution is -1.89. The normalized spacial score (nSPS) is 13.2. The van der Waals surface area contributed by atoms with Crippen LogP contribution in [0.4, 0.5) is 0 Å². The molecule has 106 valence electrons. The predicted octanol–water partition coefficient (Wildman–Crippen LogP) is 5.98. The fourth-order valence-electron chi connectivity index (χ4n) is 2.03. The molecule has 0 aromatic heterocycles. The van der Waals surface area contributed by atoms with Gasteiger partial charge in [0.15, 0.2) is 0 Å². The van der Waals surface area contributed by atoms with Crippen LogP contribution in [0.15, 0.2) is 66.8 Å². The fraction of sp³-hybridized carbons (Fsp3) is 0.300. The highest BCUT2D eigenvalue weighted by Crippen LogP contribution is 2.20. The van der Waals surface area contributed by atoms with Gasteiger partial charge in [-0.1, -0.05) is 80.6 Å². The van der Waals surface area contributed by atoms with Crippen molar-refractivity contribution in [3.05, 3.63) is 77.9 Å². The molecular formula is C20H26. The third-order valence-electron chi connectivity index (χ3n) is 3.10. The number of hydrogen-bond donors (Lipinski definition) is 0. The zero-order valence-corrected chi connectivity index (χ0v) is 13.2.